The van der Waals surface area contributed by atoms with Crippen molar-refractivity contribution in [3.63, 3.8) is 0 Å². The summed E-state index contributed by atoms with van der Waals surface area (Å²) < 4.78 is 0. The number of anilines is 1. The Morgan fingerprint density at radius 2 is 2.17 bits per heavy atom. The van der Waals surface area contributed by atoms with Gasteiger partial charge in [-0.2, -0.15) is 0 Å². The lowest BCUT2D eigenvalue weighted by Gasteiger charge is -2.18. The second-order valence-electron chi connectivity index (χ2n) is 5.54. The van der Waals surface area contributed by atoms with Gasteiger partial charge in [-0.05, 0) is 49.8 Å². The molecule has 1 heterocycles. The van der Waals surface area contributed by atoms with Crippen LogP contribution in [-0.4, -0.2) is 18.5 Å². The van der Waals surface area contributed by atoms with Crippen LogP contribution in [0.15, 0.2) is 24.3 Å². The van der Waals surface area contributed by atoms with Crippen LogP contribution in [0.3, 0.4) is 0 Å². The molecule has 2 fully saturated rings. The quantitative estimate of drug-likeness (QED) is 0.838. The number of benzene rings is 1. The highest BCUT2D eigenvalue weighted by Crippen LogP contribution is 2.38. The van der Waals surface area contributed by atoms with Crippen LogP contribution in [0.1, 0.15) is 24.8 Å². The molecule has 0 spiro atoms. The number of aryl methyl sites for hydroxylation is 1. The fraction of sp³-hybridized carbons (Fsp3) is 0.533. The first-order chi connectivity index (χ1) is 8.75. The van der Waals surface area contributed by atoms with Crippen LogP contribution in [0.25, 0.3) is 0 Å². The van der Waals surface area contributed by atoms with E-state index in [1.807, 2.05) is 31.2 Å². The minimum atomic E-state index is 0.0112. The van der Waals surface area contributed by atoms with Gasteiger partial charge in [0.1, 0.15) is 0 Å². The molecule has 1 aromatic carbocycles. The average molecular weight is 244 g/mol. The fourth-order valence-corrected chi connectivity index (χ4v) is 3.40. The maximum atomic E-state index is 12.3. The average Bonchev–Trinajstić information content (AvgIpc) is 2.93. The van der Waals surface area contributed by atoms with E-state index in [4.69, 9.17) is 0 Å². The molecule has 0 radical (unpaired) electrons. The van der Waals surface area contributed by atoms with Gasteiger partial charge in [0.05, 0.1) is 6.04 Å². The van der Waals surface area contributed by atoms with Gasteiger partial charge in [0.25, 0.3) is 0 Å². The van der Waals surface area contributed by atoms with E-state index in [9.17, 15) is 4.79 Å². The largest absolute Gasteiger partial charge is 0.324 e. The molecular weight excluding hydrogens is 224 g/mol. The Bertz CT molecular complexity index is 458. The van der Waals surface area contributed by atoms with Crippen molar-refractivity contribution < 1.29 is 4.79 Å². The van der Waals surface area contributed by atoms with Crippen LogP contribution in [0.5, 0.6) is 0 Å². The second-order valence-corrected chi connectivity index (χ2v) is 5.54. The molecule has 0 aromatic heterocycles. The molecule has 3 atom stereocenters. The first-order valence-corrected chi connectivity index (χ1v) is 6.85. The van der Waals surface area contributed by atoms with Crippen LogP contribution in [0.4, 0.5) is 5.69 Å². The number of nitrogens with one attached hydrogen (secondary N) is 2. The van der Waals surface area contributed by atoms with Gasteiger partial charge in [-0.1, -0.05) is 24.6 Å². The summed E-state index contributed by atoms with van der Waals surface area (Å²) in [5, 5.41) is 6.45. The zero-order valence-electron chi connectivity index (χ0n) is 10.8. The number of hydrogen-bond acceptors (Lipinski definition) is 2. The molecule has 1 saturated carbocycles. The summed E-state index contributed by atoms with van der Waals surface area (Å²) in [7, 11) is 0. The van der Waals surface area contributed by atoms with Crippen molar-refractivity contribution in [1.29, 1.82) is 0 Å². The van der Waals surface area contributed by atoms with E-state index in [2.05, 4.69) is 10.6 Å². The zero-order valence-corrected chi connectivity index (χ0v) is 10.8. The van der Waals surface area contributed by atoms with E-state index in [-0.39, 0.29) is 11.9 Å². The lowest BCUT2D eigenvalue weighted by atomic mass is 9.93. The SMILES string of the molecule is Cc1ccccc1NC(=O)C1NCC2CCCC21. The molecule has 1 aliphatic carbocycles. The zero-order chi connectivity index (χ0) is 12.5. The number of fused-ring (bicyclic) bond motifs is 1. The minimum absolute atomic E-state index is 0.0112. The molecule has 3 nitrogen and oxygen atoms in total. The number of carbonyl (C=O) groups excluding carboxylic acids is 1. The van der Waals surface area contributed by atoms with Crippen LogP contribution >= 0.6 is 0 Å². The van der Waals surface area contributed by atoms with Gasteiger partial charge >= 0.3 is 0 Å². The van der Waals surface area contributed by atoms with Gasteiger partial charge in [0, 0.05) is 5.69 Å². The highest BCUT2D eigenvalue weighted by molar-refractivity contribution is 5.96. The van der Waals surface area contributed by atoms with Crippen LogP contribution < -0.4 is 10.6 Å². The molecule has 96 valence electrons. The van der Waals surface area contributed by atoms with Crippen molar-refractivity contribution in [3.8, 4) is 0 Å². The summed E-state index contributed by atoms with van der Waals surface area (Å²) in [4.78, 5) is 12.3. The summed E-state index contributed by atoms with van der Waals surface area (Å²) in [6.07, 6.45) is 3.76. The summed E-state index contributed by atoms with van der Waals surface area (Å²) in [5.41, 5.74) is 2.05. The molecule has 1 saturated heterocycles. The lowest BCUT2D eigenvalue weighted by molar-refractivity contribution is -0.118. The first-order valence-electron chi connectivity index (χ1n) is 6.85. The van der Waals surface area contributed by atoms with E-state index in [1.165, 1.54) is 19.3 Å². The highest BCUT2D eigenvalue weighted by atomic mass is 16.2. The number of rotatable bonds is 2. The Morgan fingerprint density at radius 3 is 3.00 bits per heavy atom. The Hall–Kier alpha value is -1.35. The molecule has 3 unspecified atom stereocenters. The molecule has 0 bridgehead atoms. The van der Waals surface area contributed by atoms with Crippen LogP contribution in [-0.2, 0) is 4.79 Å². The third kappa shape index (κ3) is 2.03. The summed E-state index contributed by atoms with van der Waals surface area (Å²) in [5.74, 6) is 1.41. The second kappa shape index (κ2) is 4.73. The summed E-state index contributed by atoms with van der Waals surface area (Å²) in [6, 6.07) is 7.95. The number of para-hydroxylation sites is 1. The molecule has 3 heteroatoms. The Morgan fingerprint density at radius 1 is 1.33 bits per heavy atom. The molecular formula is C15H20N2O. The van der Waals surface area contributed by atoms with Gasteiger partial charge < -0.3 is 10.6 Å². The van der Waals surface area contributed by atoms with Crippen molar-refractivity contribution in [1.82, 2.24) is 5.32 Å². The van der Waals surface area contributed by atoms with Gasteiger partial charge in [-0.25, -0.2) is 0 Å². The van der Waals surface area contributed by atoms with Gasteiger partial charge in [0.2, 0.25) is 5.91 Å². The Labute approximate surface area is 108 Å². The van der Waals surface area contributed by atoms with Gasteiger partial charge in [-0.3, -0.25) is 4.79 Å². The predicted molar refractivity (Wildman–Crippen MR) is 72.4 cm³/mol. The number of amides is 1. The standard InChI is InChI=1S/C15H20N2O/c1-10-5-2-3-8-13(10)17-15(18)14-12-7-4-6-11(12)9-16-14/h2-3,5,8,11-12,14,16H,4,6-7,9H2,1H3,(H,17,18). The smallest absolute Gasteiger partial charge is 0.241 e. The maximum absolute atomic E-state index is 12.3. The van der Waals surface area contributed by atoms with E-state index >= 15 is 0 Å². The van der Waals surface area contributed by atoms with E-state index in [1.54, 1.807) is 0 Å². The summed E-state index contributed by atoms with van der Waals surface area (Å²) in [6.45, 7) is 3.03. The molecule has 2 N–H and O–H groups in total. The van der Waals surface area contributed by atoms with Crippen molar-refractivity contribution in [2.45, 2.75) is 32.2 Å². The molecule has 1 aliphatic heterocycles. The van der Waals surface area contributed by atoms with Crippen LogP contribution in [0, 0.1) is 18.8 Å². The van der Waals surface area contributed by atoms with Crippen molar-refractivity contribution in [2.75, 3.05) is 11.9 Å². The topological polar surface area (TPSA) is 41.1 Å². The monoisotopic (exact) mass is 244 g/mol. The summed E-state index contributed by atoms with van der Waals surface area (Å²) >= 11 is 0. The molecule has 1 amide bonds. The minimum Gasteiger partial charge on any atom is -0.324 e. The van der Waals surface area contributed by atoms with E-state index < -0.39 is 0 Å². The van der Waals surface area contributed by atoms with Gasteiger partial charge in [0.15, 0.2) is 0 Å². The lowest BCUT2D eigenvalue weighted by Crippen LogP contribution is -2.39. The van der Waals surface area contributed by atoms with E-state index in [0.717, 1.165) is 23.7 Å². The molecule has 3 rings (SSSR count). The Balaban J connectivity index is 1.70. The first kappa shape index (κ1) is 11.7. The fourth-order valence-electron chi connectivity index (χ4n) is 3.40. The van der Waals surface area contributed by atoms with Gasteiger partial charge in [-0.15, -0.1) is 0 Å². The Kier molecular flexibility index (Phi) is 3.08. The van der Waals surface area contributed by atoms with Crippen molar-refractivity contribution in [2.24, 2.45) is 11.8 Å². The van der Waals surface area contributed by atoms with Crippen molar-refractivity contribution in [3.05, 3.63) is 29.8 Å². The number of hydrogen-bond donors (Lipinski definition) is 2. The highest BCUT2D eigenvalue weighted by Gasteiger charge is 2.42. The normalized spacial score (nSPS) is 30.2. The van der Waals surface area contributed by atoms with Crippen LogP contribution in [0.2, 0.25) is 0 Å². The third-order valence-corrected chi connectivity index (χ3v) is 4.43. The number of carbonyl (C=O) groups is 1. The molecule has 2 aliphatic rings. The predicted octanol–water partition coefficient (Wildman–Crippen LogP) is 2.32. The maximum Gasteiger partial charge on any atom is 0.241 e. The third-order valence-electron chi connectivity index (χ3n) is 4.43. The van der Waals surface area contributed by atoms with E-state index in [0.29, 0.717) is 5.92 Å². The molecule has 18 heavy (non-hydrogen) atoms. The molecule has 1 aromatic rings. The van der Waals surface area contributed by atoms with Crippen molar-refractivity contribution >= 4 is 11.6 Å².